The van der Waals surface area contributed by atoms with Crippen LogP contribution in [0.2, 0.25) is 0 Å². The second-order valence-corrected chi connectivity index (χ2v) is 5.19. The van der Waals surface area contributed by atoms with Gasteiger partial charge in [-0.2, -0.15) is 4.39 Å². The number of nitro benzene ring substituents is 1. The Hall–Kier alpha value is -1.93. The van der Waals surface area contributed by atoms with E-state index in [2.05, 4.69) is 10.3 Å². The number of nitrogens with zero attached hydrogens (tertiary/aromatic N) is 2. The third kappa shape index (κ3) is 3.40. The molecule has 0 spiro atoms. The van der Waals surface area contributed by atoms with Gasteiger partial charge < -0.3 is 5.32 Å². The third-order valence-electron chi connectivity index (χ3n) is 2.77. The summed E-state index contributed by atoms with van der Waals surface area (Å²) in [6.07, 6.45) is 0.963. The van der Waals surface area contributed by atoms with E-state index < -0.39 is 27.8 Å². The Bertz CT molecular complexity index is 661. The normalized spacial score (nSPS) is 10.8. The molecule has 21 heavy (non-hydrogen) atoms. The molecule has 0 amide bonds. The van der Waals surface area contributed by atoms with Crippen molar-refractivity contribution in [3.8, 4) is 10.6 Å². The molecule has 0 atom stereocenters. The van der Waals surface area contributed by atoms with E-state index in [0.717, 1.165) is 36.4 Å². The van der Waals surface area contributed by atoms with Crippen LogP contribution in [0.3, 0.4) is 0 Å². The van der Waals surface area contributed by atoms with Gasteiger partial charge in [0.05, 0.1) is 16.2 Å². The maximum absolute atomic E-state index is 14.1. The summed E-state index contributed by atoms with van der Waals surface area (Å²) in [6, 6.07) is 1.69. The lowest BCUT2D eigenvalue weighted by Crippen LogP contribution is -2.13. The number of hydrogen-bond acceptors (Lipinski definition) is 5. The zero-order valence-corrected chi connectivity index (χ0v) is 12.0. The predicted octanol–water partition coefficient (Wildman–Crippen LogP) is 3.50. The van der Waals surface area contributed by atoms with Crippen LogP contribution in [0.25, 0.3) is 10.6 Å². The molecule has 0 aliphatic carbocycles. The third-order valence-corrected chi connectivity index (χ3v) is 3.67. The number of aromatic nitrogens is 1. The van der Waals surface area contributed by atoms with Gasteiger partial charge in [0.15, 0.2) is 0 Å². The van der Waals surface area contributed by atoms with Crippen molar-refractivity contribution in [1.82, 2.24) is 10.3 Å². The molecule has 1 N–H and O–H groups in total. The second kappa shape index (κ2) is 6.68. The molecule has 8 heteroatoms. The number of thiazole rings is 1. The molecular formula is C13H13F2N3O2S. The van der Waals surface area contributed by atoms with Crippen LogP contribution in [0, 0.1) is 21.7 Å². The Kier molecular flexibility index (Phi) is 4.92. The van der Waals surface area contributed by atoms with Gasteiger partial charge in [0.2, 0.25) is 5.82 Å². The molecule has 0 radical (unpaired) electrons. The van der Waals surface area contributed by atoms with Gasteiger partial charge in [-0.1, -0.05) is 6.92 Å². The maximum atomic E-state index is 14.1. The molecule has 0 unspecified atom stereocenters. The minimum absolute atomic E-state index is 0.0991. The lowest BCUT2D eigenvalue weighted by molar-refractivity contribution is -0.387. The first kappa shape index (κ1) is 15.5. The summed E-state index contributed by atoms with van der Waals surface area (Å²) in [7, 11) is 0. The molecule has 0 saturated heterocycles. The highest BCUT2D eigenvalue weighted by Gasteiger charge is 2.24. The van der Waals surface area contributed by atoms with Gasteiger partial charge in [-0.05, 0) is 19.0 Å². The van der Waals surface area contributed by atoms with Crippen molar-refractivity contribution < 1.29 is 13.7 Å². The fourth-order valence-electron chi connectivity index (χ4n) is 1.77. The summed E-state index contributed by atoms with van der Waals surface area (Å²) in [5.74, 6) is -2.05. The van der Waals surface area contributed by atoms with Crippen LogP contribution >= 0.6 is 11.3 Å². The fourth-order valence-corrected chi connectivity index (χ4v) is 2.63. The van der Waals surface area contributed by atoms with Gasteiger partial charge in [-0.3, -0.25) is 10.1 Å². The average molecular weight is 313 g/mol. The molecule has 112 valence electrons. The molecule has 2 rings (SSSR count). The SMILES string of the molecule is CCCNCc1csc(-c2c(F)ccc([N+](=O)[O-])c2F)n1. The molecule has 1 heterocycles. The zero-order chi connectivity index (χ0) is 15.4. The molecular weight excluding hydrogens is 300 g/mol. The van der Waals surface area contributed by atoms with Crippen molar-refractivity contribution >= 4 is 17.0 Å². The van der Waals surface area contributed by atoms with E-state index in [4.69, 9.17) is 0 Å². The van der Waals surface area contributed by atoms with Crippen molar-refractivity contribution in [3.63, 3.8) is 0 Å². The predicted molar refractivity (Wildman–Crippen MR) is 76.1 cm³/mol. The summed E-state index contributed by atoms with van der Waals surface area (Å²) < 4.78 is 27.8. The van der Waals surface area contributed by atoms with Gasteiger partial charge in [0, 0.05) is 18.0 Å². The standard InChI is InChI=1S/C13H13F2N3O2S/c1-2-5-16-6-8-7-21-13(17-8)11-9(14)3-4-10(12(11)15)18(19)20/h3-4,7,16H,2,5-6H2,1H3. The molecule has 1 aromatic carbocycles. The van der Waals surface area contributed by atoms with Crippen LogP contribution in [0.1, 0.15) is 19.0 Å². The summed E-state index contributed by atoms with van der Waals surface area (Å²) in [5.41, 5.74) is -0.558. The molecule has 2 aromatic rings. The number of rotatable bonds is 6. The van der Waals surface area contributed by atoms with Crippen LogP contribution < -0.4 is 5.32 Å². The van der Waals surface area contributed by atoms with E-state index >= 15 is 0 Å². The van der Waals surface area contributed by atoms with Crippen LogP contribution in [0.4, 0.5) is 14.5 Å². The average Bonchev–Trinajstić information content (AvgIpc) is 2.87. The minimum Gasteiger partial charge on any atom is -0.311 e. The summed E-state index contributed by atoms with van der Waals surface area (Å²) in [4.78, 5) is 14.0. The molecule has 0 saturated carbocycles. The van der Waals surface area contributed by atoms with Crippen LogP contribution in [-0.2, 0) is 6.54 Å². The van der Waals surface area contributed by atoms with Crippen molar-refractivity contribution in [2.75, 3.05) is 6.54 Å². The first-order valence-corrected chi connectivity index (χ1v) is 7.20. The van der Waals surface area contributed by atoms with Crippen LogP contribution in [0.15, 0.2) is 17.5 Å². The van der Waals surface area contributed by atoms with Gasteiger partial charge in [-0.15, -0.1) is 11.3 Å². The number of benzene rings is 1. The lowest BCUT2D eigenvalue weighted by atomic mass is 10.2. The lowest BCUT2D eigenvalue weighted by Gasteiger charge is -2.02. The summed E-state index contributed by atoms with van der Waals surface area (Å²) in [6.45, 7) is 3.32. The fraction of sp³-hybridized carbons (Fsp3) is 0.308. The Labute approximate surface area is 123 Å². The van der Waals surface area contributed by atoms with Gasteiger partial charge in [0.25, 0.3) is 0 Å². The topological polar surface area (TPSA) is 68.1 Å². The quantitative estimate of drug-likeness (QED) is 0.503. The molecule has 0 bridgehead atoms. The second-order valence-electron chi connectivity index (χ2n) is 4.33. The van der Waals surface area contributed by atoms with Crippen molar-refractivity contribution in [1.29, 1.82) is 0 Å². The van der Waals surface area contributed by atoms with Gasteiger partial charge in [-0.25, -0.2) is 9.37 Å². The number of nitro groups is 1. The summed E-state index contributed by atoms with van der Waals surface area (Å²) >= 11 is 1.06. The molecule has 1 aromatic heterocycles. The minimum atomic E-state index is -1.19. The van der Waals surface area contributed by atoms with Crippen molar-refractivity contribution in [2.24, 2.45) is 0 Å². The Morgan fingerprint density at radius 2 is 2.19 bits per heavy atom. The van der Waals surface area contributed by atoms with Crippen LogP contribution in [-0.4, -0.2) is 16.5 Å². The summed E-state index contributed by atoms with van der Waals surface area (Å²) in [5, 5.41) is 15.6. The Morgan fingerprint density at radius 3 is 2.86 bits per heavy atom. The first-order chi connectivity index (χ1) is 10.0. The van der Waals surface area contributed by atoms with Crippen molar-refractivity contribution in [2.45, 2.75) is 19.9 Å². The zero-order valence-electron chi connectivity index (χ0n) is 11.2. The molecule has 0 aliphatic heterocycles. The Balaban J connectivity index is 2.33. The number of hydrogen-bond donors (Lipinski definition) is 1. The number of halogens is 2. The molecule has 0 fully saturated rings. The molecule has 5 nitrogen and oxygen atoms in total. The van der Waals surface area contributed by atoms with Gasteiger partial charge in [0.1, 0.15) is 10.8 Å². The van der Waals surface area contributed by atoms with E-state index in [-0.39, 0.29) is 5.01 Å². The smallest absolute Gasteiger partial charge is 0.305 e. The monoisotopic (exact) mass is 313 g/mol. The first-order valence-electron chi connectivity index (χ1n) is 6.32. The van der Waals surface area contributed by atoms with E-state index in [1.54, 1.807) is 5.38 Å². The highest BCUT2D eigenvalue weighted by molar-refractivity contribution is 7.13. The van der Waals surface area contributed by atoms with Crippen molar-refractivity contribution in [3.05, 3.63) is 45.0 Å². The highest BCUT2D eigenvalue weighted by atomic mass is 32.1. The largest absolute Gasteiger partial charge is 0.311 e. The van der Waals surface area contributed by atoms with E-state index in [1.807, 2.05) is 6.92 Å². The van der Waals surface area contributed by atoms with Gasteiger partial charge >= 0.3 is 5.69 Å². The maximum Gasteiger partial charge on any atom is 0.305 e. The number of nitrogens with one attached hydrogen (secondary N) is 1. The van der Waals surface area contributed by atoms with E-state index in [0.29, 0.717) is 12.2 Å². The highest BCUT2D eigenvalue weighted by Crippen LogP contribution is 2.33. The van der Waals surface area contributed by atoms with E-state index in [9.17, 15) is 18.9 Å². The Morgan fingerprint density at radius 1 is 1.43 bits per heavy atom. The molecule has 0 aliphatic rings. The van der Waals surface area contributed by atoms with E-state index in [1.165, 1.54) is 0 Å². The van der Waals surface area contributed by atoms with Crippen LogP contribution in [0.5, 0.6) is 0 Å².